The lowest BCUT2D eigenvalue weighted by atomic mass is 9.77. The Morgan fingerprint density at radius 3 is 2.36 bits per heavy atom. The molecule has 3 heteroatoms. The Morgan fingerprint density at radius 1 is 1.05 bits per heavy atom. The van der Waals surface area contributed by atoms with Crippen LogP contribution in [0.4, 0.5) is 0 Å². The second kappa shape index (κ2) is 7.32. The van der Waals surface area contributed by atoms with Gasteiger partial charge in [-0.05, 0) is 48.7 Å². The van der Waals surface area contributed by atoms with Crippen LogP contribution >= 0.6 is 0 Å². The van der Waals surface area contributed by atoms with Gasteiger partial charge in [-0.1, -0.05) is 31.2 Å². The summed E-state index contributed by atoms with van der Waals surface area (Å²) in [6.07, 6.45) is 0.872. The summed E-state index contributed by atoms with van der Waals surface area (Å²) in [5.74, 6) is 1.77. The Balaban J connectivity index is 2.23. The first-order valence-corrected chi connectivity index (χ1v) is 7.67. The third-order valence-electron chi connectivity index (χ3n) is 4.04. The zero-order chi connectivity index (χ0) is 16.0. The molecular weight excluding hydrogens is 274 g/mol. The molecule has 0 radical (unpaired) electrons. The molecule has 0 saturated carbocycles. The molecule has 3 nitrogen and oxygen atoms in total. The number of benzene rings is 2. The molecule has 0 aliphatic carbocycles. The molecule has 0 aliphatic rings. The van der Waals surface area contributed by atoms with Crippen molar-refractivity contribution < 1.29 is 9.47 Å². The van der Waals surface area contributed by atoms with Gasteiger partial charge in [-0.2, -0.15) is 0 Å². The van der Waals surface area contributed by atoms with Gasteiger partial charge < -0.3 is 15.2 Å². The van der Waals surface area contributed by atoms with Crippen LogP contribution in [0.2, 0.25) is 0 Å². The van der Waals surface area contributed by atoms with Crippen molar-refractivity contribution in [3.05, 3.63) is 59.7 Å². The Hall–Kier alpha value is -2.00. The third-order valence-corrected chi connectivity index (χ3v) is 4.04. The van der Waals surface area contributed by atoms with Gasteiger partial charge in [0.15, 0.2) is 0 Å². The lowest BCUT2D eigenvalue weighted by Crippen LogP contribution is -2.34. The monoisotopic (exact) mass is 299 g/mol. The fourth-order valence-corrected chi connectivity index (χ4v) is 2.65. The molecule has 0 amide bonds. The normalized spacial score (nSPS) is 13.5. The van der Waals surface area contributed by atoms with E-state index < -0.39 is 0 Å². The summed E-state index contributed by atoms with van der Waals surface area (Å²) >= 11 is 0. The van der Waals surface area contributed by atoms with Gasteiger partial charge in [-0.25, -0.2) is 0 Å². The summed E-state index contributed by atoms with van der Waals surface area (Å²) in [7, 11) is 1.68. The van der Waals surface area contributed by atoms with Gasteiger partial charge in [0.25, 0.3) is 0 Å². The highest BCUT2D eigenvalue weighted by Crippen LogP contribution is 2.29. The smallest absolute Gasteiger partial charge is 0.119 e. The molecule has 22 heavy (non-hydrogen) atoms. The molecule has 0 saturated heterocycles. The van der Waals surface area contributed by atoms with Crippen LogP contribution in [0.15, 0.2) is 48.5 Å². The average Bonchev–Trinajstić information content (AvgIpc) is 2.55. The van der Waals surface area contributed by atoms with Crippen LogP contribution in [0.25, 0.3) is 0 Å². The quantitative estimate of drug-likeness (QED) is 0.850. The number of ether oxygens (including phenoxy) is 2. The molecule has 1 atom stereocenters. The molecule has 0 bridgehead atoms. The molecular formula is C19H25NO2. The second-order valence-electron chi connectivity index (χ2n) is 5.75. The fraction of sp³-hybridized carbons (Fsp3) is 0.368. The van der Waals surface area contributed by atoms with Crippen molar-refractivity contribution in [2.75, 3.05) is 20.3 Å². The van der Waals surface area contributed by atoms with E-state index >= 15 is 0 Å². The molecule has 0 heterocycles. The third kappa shape index (κ3) is 3.80. The molecule has 0 aromatic heterocycles. The molecule has 0 aliphatic heterocycles. The summed E-state index contributed by atoms with van der Waals surface area (Å²) in [5.41, 5.74) is 8.43. The second-order valence-corrected chi connectivity index (χ2v) is 5.75. The molecule has 2 rings (SSSR count). The Labute approximate surface area is 133 Å². The Bertz CT molecular complexity index is 595. The summed E-state index contributed by atoms with van der Waals surface area (Å²) in [6, 6.07) is 16.4. The van der Waals surface area contributed by atoms with Crippen molar-refractivity contribution in [1.29, 1.82) is 0 Å². The minimum absolute atomic E-state index is 0.114. The van der Waals surface area contributed by atoms with E-state index in [0.717, 1.165) is 17.9 Å². The van der Waals surface area contributed by atoms with Crippen molar-refractivity contribution in [3.8, 4) is 11.5 Å². The van der Waals surface area contributed by atoms with Crippen LogP contribution in [0.1, 0.15) is 25.0 Å². The predicted octanol–water partition coefficient (Wildman–Crippen LogP) is 3.55. The first kappa shape index (κ1) is 16.4. The van der Waals surface area contributed by atoms with Crippen molar-refractivity contribution in [2.45, 2.75) is 25.7 Å². The van der Waals surface area contributed by atoms with E-state index in [0.29, 0.717) is 13.2 Å². The van der Waals surface area contributed by atoms with Crippen LogP contribution in [-0.4, -0.2) is 20.3 Å². The molecule has 2 aromatic rings. The van der Waals surface area contributed by atoms with Crippen LogP contribution in [0, 0.1) is 0 Å². The molecule has 118 valence electrons. The van der Waals surface area contributed by atoms with Crippen molar-refractivity contribution in [2.24, 2.45) is 5.73 Å². The van der Waals surface area contributed by atoms with E-state index in [4.69, 9.17) is 15.2 Å². The molecule has 2 N–H and O–H groups in total. The summed E-state index contributed by atoms with van der Waals surface area (Å²) in [5, 5.41) is 0. The zero-order valence-corrected chi connectivity index (χ0v) is 13.6. The maximum atomic E-state index is 6.09. The van der Waals surface area contributed by atoms with E-state index in [1.807, 2.05) is 31.2 Å². The predicted molar refractivity (Wildman–Crippen MR) is 90.7 cm³/mol. The number of nitrogens with two attached hydrogens (primary N) is 1. The first-order valence-electron chi connectivity index (χ1n) is 7.67. The van der Waals surface area contributed by atoms with E-state index in [1.165, 1.54) is 11.1 Å². The highest BCUT2D eigenvalue weighted by molar-refractivity contribution is 5.36. The lowest BCUT2D eigenvalue weighted by Gasteiger charge is -2.29. The zero-order valence-electron chi connectivity index (χ0n) is 13.6. The maximum Gasteiger partial charge on any atom is 0.119 e. The maximum absolute atomic E-state index is 6.09. The summed E-state index contributed by atoms with van der Waals surface area (Å²) in [6.45, 7) is 5.45. The largest absolute Gasteiger partial charge is 0.497 e. The Kier molecular flexibility index (Phi) is 5.45. The average molecular weight is 299 g/mol. The van der Waals surface area contributed by atoms with Crippen LogP contribution in [0.5, 0.6) is 11.5 Å². The Morgan fingerprint density at radius 2 is 1.77 bits per heavy atom. The number of hydrogen-bond donors (Lipinski definition) is 1. The van der Waals surface area contributed by atoms with Gasteiger partial charge in [-0.3, -0.25) is 0 Å². The van der Waals surface area contributed by atoms with Crippen LogP contribution in [0.3, 0.4) is 0 Å². The number of hydrogen-bond acceptors (Lipinski definition) is 3. The fourth-order valence-electron chi connectivity index (χ4n) is 2.65. The SMILES string of the molecule is CCOc1cccc(CC(C)(CN)c2ccc(OC)cc2)c1. The number of methoxy groups -OCH3 is 1. The molecule has 0 fully saturated rings. The molecule has 1 unspecified atom stereocenters. The highest BCUT2D eigenvalue weighted by Gasteiger charge is 2.25. The minimum atomic E-state index is -0.114. The van der Waals surface area contributed by atoms with Crippen LogP contribution < -0.4 is 15.2 Å². The van der Waals surface area contributed by atoms with Gasteiger partial charge in [0.1, 0.15) is 11.5 Å². The summed E-state index contributed by atoms with van der Waals surface area (Å²) in [4.78, 5) is 0. The van der Waals surface area contributed by atoms with Gasteiger partial charge in [0, 0.05) is 12.0 Å². The minimum Gasteiger partial charge on any atom is -0.497 e. The van der Waals surface area contributed by atoms with Crippen LogP contribution in [-0.2, 0) is 11.8 Å². The molecule has 0 spiro atoms. The van der Waals surface area contributed by atoms with E-state index in [9.17, 15) is 0 Å². The van der Waals surface area contributed by atoms with E-state index in [1.54, 1.807) is 7.11 Å². The van der Waals surface area contributed by atoms with Gasteiger partial charge >= 0.3 is 0 Å². The van der Waals surface area contributed by atoms with Gasteiger partial charge in [0.05, 0.1) is 13.7 Å². The number of rotatable bonds is 7. The van der Waals surface area contributed by atoms with Crippen molar-refractivity contribution in [3.63, 3.8) is 0 Å². The van der Waals surface area contributed by atoms with Crippen molar-refractivity contribution in [1.82, 2.24) is 0 Å². The van der Waals surface area contributed by atoms with E-state index in [-0.39, 0.29) is 5.41 Å². The summed E-state index contributed by atoms with van der Waals surface area (Å²) < 4.78 is 10.8. The first-order chi connectivity index (χ1) is 10.6. The standard InChI is InChI=1S/C19H25NO2/c1-4-22-18-7-5-6-15(12-18)13-19(2,14-20)16-8-10-17(21-3)11-9-16/h5-12H,4,13-14,20H2,1-3H3. The highest BCUT2D eigenvalue weighted by atomic mass is 16.5. The van der Waals surface area contributed by atoms with Gasteiger partial charge in [0.2, 0.25) is 0 Å². The van der Waals surface area contributed by atoms with Crippen molar-refractivity contribution >= 4 is 0 Å². The van der Waals surface area contributed by atoms with Gasteiger partial charge in [-0.15, -0.1) is 0 Å². The van der Waals surface area contributed by atoms with E-state index in [2.05, 4.69) is 31.2 Å². The molecule has 2 aromatic carbocycles. The topological polar surface area (TPSA) is 44.5 Å². The lowest BCUT2D eigenvalue weighted by molar-refractivity contribution is 0.339.